The van der Waals surface area contributed by atoms with Crippen molar-refractivity contribution in [3.8, 4) is 0 Å². The zero-order valence-electron chi connectivity index (χ0n) is 17.5. The van der Waals surface area contributed by atoms with Gasteiger partial charge in [-0.3, -0.25) is 4.79 Å². The number of hydrogen-bond donors (Lipinski definition) is 1. The molecule has 154 valence electrons. The van der Waals surface area contributed by atoms with Gasteiger partial charge in [0.25, 0.3) is 0 Å². The van der Waals surface area contributed by atoms with Crippen molar-refractivity contribution in [2.45, 2.75) is 24.3 Å². The Morgan fingerprint density at radius 3 is 1.74 bits per heavy atom. The Balaban J connectivity index is 1.79. The Kier molecular flexibility index (Phi) is 4.70. The topological polar surface area (TPSA) is 46.9 Å². The summed E-state index contributed by atoms with van der Waals surface area (Å²) in [7, 11) is 0. The zero-order valence-corrected chi connectivity index (χ0v) is 17.5. The Labute approximate surface area is 182 Å². The number of carbonyl (C=O) groups is 1. The molecule has 4 heteroatoms. The highest BCUT2D eigenvalue weighted by Gasteiger charge is 2.41. The van der Waals surface area contributed by atoms with Crippen molar-refractivity contribution in [2.24, 2.45) is 0 Å². The summed E-state index contributed by atoms with van der Waals surface area (Å²) in [6, 6.07) is 31.6. The number of nitrogens with zero attached hydrogens (tertiary/aromatic N) is 2. The van der Waals surface area contributed by atoms with E-state index in [1.54, 1.807) is 0 Å². The quantitative estimate of drug-likeness (QED) is 0.495. The molecule has 0 bridgehead atoms. The largest absolute Gasteiger partial charge is 0.355 e. The van der Waals surface area contributed by atoms with Crippen LogP contribution in [0.2, 0.25) is 0 Å². The van der Waals surface area contributed by atoms with Gasteiger partial charge in [-0.1, -0.05) is 97.9 Å². The number of benzene rings is 3. The summed E-state index contributed by atoms with van der Waals surface area (Å²) in [5.41, 5.74) is 3.50. The summed E-state index contributed by atoms with van der Waals surface area (Å²) in [6.07, 6.45) is 4.49. The summed E-state index contributed by atoms with van der Waals surface area (Å²) in [4.78, 5) is 16.8. The number of rotatable bonds is 5. The highest BCUT2D eigenvalue weighted by molar-refractivity contribution is 5.80. The van der Waals surface area contributed by atoms with Crippen molar-refractivity contribution in [3.63, 3.8) is 0 Å². The summed E-state index contributed by atoms with van der Waals surface area (Å²) in [5.74, 6) is 0.0810. The Morgan fingerprint density at radius 1 is 0.839 bits per heavy atom. The first-order valence-electron chi connectivity index (χ1n) is 10.6. The molecule has 1 amide bonds. The van der Waals surface area contributed by atoms with Gasteiger partial charge in [0, 0.05) is 24.6 Å². The lowest BCUT2D eigenvalue weighted by molar-refractivity contribution is -0.119. The third-order valence-corrected chi connectivity index (χ3v) is 6.39. The lowest BCUT2D eigenvalue weighted by Crippen LogP contribution is -2.37. The third kappa shape index (κ3) is 3.15. The van der Waals surface area contributed by atoms with Crippen LogP contribution in [0.4, 0.5) is 0 Å². The monoisotopic (exact) mass is 407 g/mol. The van der Waals surface area contributed by atoms with Gasteiger partial charge in [0.15, 0.2) is 0 Å². The number of imidazole rings is 1. The van der Waals surface area contributed by atoms with E-state index in [0.29, 0.717) is 13.0 Å². The maximum atomic E-state index is 12.0. The first kappa shape index (κ1) is 19.3. The van der Waals surface area contributed by atoms with Gasteiger partial charge in [0.1, 0.15) is 5.54 Å². The van der Waals surface area contributed by atoms with Crippen LogP contribution in [0.5, 0.6) is 0 Å². The molecular formula is C27H25N3O. The number of hydrogen-bond acceptors (Lipinski definition) is 2. The Hall–Kier alpha value is -3.66. The molecule has 3 aromatic carbocycles. The standard InChI is InChI=1S/C27H25N3O/c1-26(17-25(31)28-19-26)24-18-30(20-29-24)27(21-11-5-2-6-12-21,22-13-7-3-8-14-22)23-15-9-4-10-16-23/h2-16,18,20H,17,19H2,1H3,(H,28,31). The van der Waals surface area contributed by atoms with Gasteiger partial charge in [-0.05, 0) is 16.7 Å². The fourth-order valence-electron chi connectivity index (χ4n) is 4.76. The Bertz CT molecular complexity index is 1090. The number of nitrogens with one attached hydrogen (secondary N) is 1. The number of carbonyl (C=O) groups excluding carboxylic acids is 1. The molecule has 0 aliphatic carbocycles. The van der Waals surface area contributed by atoms with E-state index < -0.39 is 5.54 Å². The van der Waals surface area contributed by atoms with Crippen molar-refractivity contribution in [1.82, 2.24) is 14.9 Å². The van der Waals surface area contributed by atoms with Gasteiger partial charge in [-0.25, -0.2) is 4.98 Å². The lowest BCUT2D eigenvalue weighted by atomic mass is 9.76. The van der Waals surface area contributed by atoms with E-state index in [1.807, 2.05) is 24.5 Å². The minimum absolute atomic E-state index is 0.0810. The lowest BCUT2D eigenvalue weighted by Gasteiger charge is -2.37. The van der Waals surface area contributed by atoms with E-state index in [0.717, 1.165) is 22.4 Å². The van der Waals surface area contributed by atoms with Crippen LogP contribution in [0.25, 0.3) is 0 Å². The van der Waals surface area contributed by atoms with Crippen molar-refractivity contribution in [2.75, 3.05) is 6.54 Å². The molecule has 1 aliphatic heterocycles. The maximum absolute atomic E-state index is 12.0. The molecule has 1 atom stereocenters. The van der Waals surface area contributed by atoms with Crippen molar-refractivity contribution in [1.29, 1.82) is 0 Å². The summed E-state index contributed by atoms with van der Waals surface area (Å²) < 4.78 is 2.20. The normalized spacial score (nSPS) is 18.7. The highest BCUT2D eigenvalue weighted by atomic mass is 16.1. The van der Waals surface area contributed by atoms with Crippen LogP contribution in [0, 0.1) is 0 Å². The van der Waals surface area contributed by atoms with E-state index in [1.165, 1.54) is 0 Å². The van der Waals surface area contributed by atoms with Crippen LogP contribution in [-0.2, 0) is 15.7 Å². The molecule has 1 aromatic heterocycles. The second kappa shape index (κ2) is 7.55. The molecule has 4 aromatic rings. The molecular weight excluding hydrogens is 382 g/mol. The minimum atomic E-state index is -0.582. The predicted octanol–water partition coefficient (Wildman–Crippen LogP) is 4.50. The summed E-state index contributed by atoms with van der Waals surface area (Å²) >= 11 is 0. The molecule has 1 aliphatic rings. The van der Waals surface area contributed by atoms with Gasteiger partial charge in [-0.2, -0.15) is 0 Å². The van der Waals surface area contributed by atoms with Gasteiger partial charge in [-0.15, -0.1) is 0 Å². The SMILES string of the molecule is CC1(c2cn(C(c3ccccc3)(c3ccccc3)c3ccccc3)cn2)CNC(=O)C1. The molecule has 5 rings (SSSR count). The Morgan fingerprint density at radius 2 is 1.32 bits per heavy atom. The molecule has 1 fully saturated rings. The van der Waals surface area contributed by atoms with E-state index >= 15 is 0 Å². The molecule has 31 heavy (non-hydrogen) atoms. The first-order valence-corrected chi connectivity index (χ1v) is 10.6. The molecule has 1 saturated heterocycles. The fourth-order valence-corrected chi connectivity index (χ4v) is 4.76. The van der Waals surface area contributed by atoms with Crippen molar-refractivity contribution in [3.05, 3.63) is 126 Å². The molecule has 1 unspecified atom stereocenters. The van der Waals surface area contributed by atoms with E-state index in [2.05, 4.69) is 95.8 Å². The summed E-state index contributed by atoms with van der Waals surface area (Å²) in [6.45, 7) is 2.71. The smallest absolute Gasteiger partial charge is 0.221 e. The van der Waals surface area contributed by atoms with Crippen molar-refractivity contribution < 1.29 is 4.79 Å². The third-order valence-electron chi connectivity index (χ3n) is 6.39. The molecule has 0 spiro atoms. The molecule has 2 heterocycles. The number of amides is 1. The van der Waals surface area contributed by atoms with Crippen LogP contribution in [0.3, 0.4) is 0 Å². The van der Waals surface area contributed by atoms with Crippen LogP contribution >= 0.6 is 0 Å². The number of aromatic nitrogens is 2. The average Bonchev–Trinajstić information content (AvgIpc) is 3.45. The van der Waals surface area contributed by atoms with Gasteiger partial charge in [0.2, 0.25) is 5.91 Å². The van der Waals surface area contributed by atoms with Gasteiger partial charge in [0.05, 0.1) is 12.0 Å². The molecule has 0 radical (unpaired) electrons. The molecule has 1 N–H and O–H groups in total. The van der Waals surface area contributed by atoms with Crippen molar-refractivity contribution >= 4 is 5.91 Å². The zero-order chi connectivity index (χ0) is 21.3. The molecule has 4 nitrogen and oxygen atoms in total. The van der Waals surface area contributed by atoms with Crippen LogP contribution < -0.4 is 5.32 Å². The predicted molar refractivity (Wildman–Crippen MR) is 122 cm³/mol. The second-order valence-electron chi connectivity index (χ2n) is 8.49. The van der Waals surface area contributed by atoms with E-state index in [4.69, 9.17) is 4.98 Å². The fraction of sp³-hybridized carbons (Fsp3) is 0.185. The van der Waals surface area contributed by atoms with Crippen LogP contribution in [-0.4, -0.2) is 22.0 Å². The van der Waals surface area contributed by atoms with E-state index in [-0.39, 0.29) is 11.3 Å². The second-order valence-corrected chi connectivity index (χ2v) is 8.49. The van der Waals surface area contributed by atoms with Gasteiger partial charge < -0.3 is 9.88 Å². The van der Waals surface area contributed by atoms with Crippen LogP contribution in [0.1, 0.15) is 35.7 Å². The highest BCUT2D eigenvalue weighted by Crippen LogP contribution is 2.41. The van der Waals surface area contributed by atoms with Crippen LogP contribution in [0.15, 0.2) is 104 Å². The van der Waals surface area contributed by atoms with Gasteiger partial charge >= 0.3 is 0 Å². The summed E-state index contributed by atoms with van der Waals surface area (Å²) in [5, 5.41) is 2.96. The average molecular weight is 408 g/mol. The minimum Gasteiger partial charge on any atom is -0.355 e. The maximum Gasteiger partial charge on any atom is 0.221 e. The first-order chi connectivity index (χ1) is 15.1. The molecule has 0 saturated carbocycles. The van der Waals surface area contributed by atoms with E-state index in [9.17, 15) is 4.79 Å².